The van der Waals surface area contributed by atoms with Crippen molar-refractivity contribution in [1.82, 2.24) is 15.1 Å². The first kappa shape index (κ1) is 28.4. The third kappa shape index (κ3) is 5.68. The fourth-order valence-electron chi connectivity index (χ4n) is 4.23. The van der Waals surface area contributed by atoms with Crippen LogP contribution >= 0.6 is 0 Å². The topological polar surface area (TPSA) is 145 Å². The molecule has 4 atom stereocenters. The number of nitrogen functional groups attached to an aromatic ring is 1. The van der Waals surface area contributed by atoms with Crippen LogP contribution in [0.1, 0.15) is 44.4 Å². The highest BCUT2D eigenvalue weighted by molar-refractivity contribution is 6.00. The molecule has 10 nitrogen and oxygen atoms in total. The van der Waals surface area contributed by atoms with Crippen molar-refractivity contribution in [1.29, 1.82) is 0 Å². The Morgan fingerprint density at radius 3 is 2.37 bits per heavy atom. The maximum atomic E-state index is 14.3. The Kier molecular flexibility index (Phi) is 8.54. The third-order valence-corrected chi connectivity index (χ3v) is 6.90. The number of benzene rings is 2. The fourth-order valence-corrected chi connectivity index (χ4v) is 4.23. The number of likely N-dealkylation sites (N-methyl/N-ethyl adjacent to an activating group) is 1. The molecule has 1 heterocycles. The smallest absolute Gasteiger partial charge is 0.407 e. The number of nitrogens with one attached hydrogen (secondary N) is 2. The summed E-state index contributed by atoms with van der Waals surface area (Å²) < 4.78 is 28.6. The molecule has 12 heteroatoms. The number of halogens is 2. The van der Waals surface area contributed by atoms with Crippen molar-refractivity contribution in [2.45, 2.75) is 51.9 Å². The predicted molar refractivity (Wildman–Crippen MR) is 136 cm³/mol. The molecule has 0 unspecified atom stereocenters. The first-order valence-corrected chi connectivity index (χ1v) is 12.1. The second-order valence-corrected chi connectivity index (χ2v) is 9.35. The molecule has 0 saturated carbocycles. The summed E-state index contributed by atoms with van der Waals surface area (Å²) in [4.78, 5) is 53.5. The molecule has 0 saturated heterocycles. The number of carbonyl (C=O) groups is 4. The van der Waals surface area contributed by atoms with Crippen molar-refractivity contribution in [2.24, 2.45) is 5.92 Å². The van der Waals surface area contributed by atoms with Crippen LogP contribution in [0.4, 0.5) is 25.0 Å². The quantitative estimate of drug-likeness (QED) is 0.385. The molecule has 5 N–H and O–H groups in total. The number of rotatable bonds is 8. The van der Waals surface area contributed by atoms with E-state index in [2.05, 4.69) is 10.6 Å². The van der Waals surface area contributed by atoms with E-state index in [1.807, 2.05) is 6.92 Å². The molecule has 0 fully saturated rings. The molecule has 0 spiro atoms. The summed E-state index contributed by atoms with van der Waals surface area (Å²) in [5, 5.41) is 14.1. The number of nitrogens with two attached hydrogens (primary N) is 1. The Labute approximate surface area is 218 Å². The largest absolute Gasteiger partial charge is 0.465 e. The van der Waals surface area contributed by atoms with Crippen molar-refractivity contribution in [3.8, 4) is 0 Å². The van der Waals surface area contributed by atoms with Crippen molar-refractivity contribution >= 4 is 35.2 Å². The molecule has 2 aromatic rings. The molecular formula is C26H31F2N5O5. The molecule has 204 valence electrons. The van der Waals surface area contributed by atoms with Gasteiger partial charge in [0.2, 0.25) is 11.8 Å². The van der Waals surface area contributed by atoms with Crippen molar-refractivity contribution in [2.75, 3.05) is 18.1 Å². The maximum absolute atomic E-state index is 14.3. The number of carbonyl (C=O) groups excluding carboxylic acids is 3. The van der Waals surface area contributed by atoms with Crippen LogP contribution < -0.4 is 16.4 Å². The maximum Gasteiger partial charge on any atom is 0.407 e. The average molecular weight is 532 g/mol. The summed E-state index contributed by atoms with van der Waals surface area (Å²) >= 11 is 0. The summed E-state index contributed by atoms with van der Waals surface area (Å²) in [6, 6.07) is 4.43. The molecule has 2 aromatic carbocycles. The van der Waals surface area contributed by atoms with E-state index < -0.39 is 65.2 Å². The SMILES string of the molecule is CC[C@H](C)[C@H](NC(=O)[C@H](C)N(C)C(=O)O)C(=O)N1Cc2ccc(N)cc2[C@H]1C(=O)Nc1c(F)cccc1F. The molecule has 4 amide bonds. The van der Waals surface area contributed by atoms with Gasteiger partial charge in [-0.15, -0.1) is 0 Å². The number of hydrogen-bond acceptors (Lipinski definition) is 5. The minimum atomic E-state index is -1.32. The van der Waals surface area contributed by atoms with Crippen molar-refractivity contribution in [3.05, 3.63) is 59.2 Å². The zero-order chi connectivity index (χ0) is 28.3. The van der Waals surface area contributed by atoms with Gasteiger partial charge in [-0.1, -0.05) is 32.4 Å². The summed E-state index contributed by atoms with van der Waals surface area (Å²) in [5.74, 6) is -4.52. The van der Waals surface area contributed by atoms with Gasteiger partial charge in [-0.2, -0.15) is 0 Å². The van der Waals surface area contributed by atoms with Crippen LogP contribution in [-0.2, 0) is 20.9 Å². The van der Waals surface area contributed by atoms with E-state index in [0.29, 0.717) is 23.2 Å². The molecule has 3 rings (SSSR count). The van der Waals surface area contributed by atoms with E-state index in [4.69, 9.17) is 5.73 Å². The van der Waals surface area contributed by atoms with Gasteiger partial charge in [0.1, 0.15) is 35.4 Å². The van der Waals surface area contributed by atoms with Gasteiger partial charge in [-0.3, -0.25) is 19.3 Å². The molecule has 0 aliphatic carbocycles. The Bertz CT molecular complexity index is 1240. The Hall–Kier alpha value is -4.22. The molecule has 0 aromatic heterocycles. The second kappa shape index (κ2) is 11.4. The Morgan fingerprint density at radius 1 is 1.16 bits per heavy atom. The van der Waals surface area contributed by atoms with Crippen LogP contribution in [0, 0.1) is 17.6 Å². The van der Waals surface area contributed by atoms with Crippen molar-refractivity contribution in [3.63, 3.8) is 0 Å². The summed E-state index contributed by atoms with van der Waals surface area (Å²) in [6.07, 6.45) is -0.839. The predicted octanol–water partition coefficient (Wildman–Crippen LogP) is 3.10. The average Bonchev–Trinajstić information content (AvgIpc) is 3.26. The molecule has 38 heavy (non-hydrogen) atoms. The minimum Gasteiger partial charge on any atom is -0.465 e. The van der Waals surface area contributed by atoms with Gasteiger partial charge in [-0.05, 0) is 48.2 Å². The number of nitrogens with zero attached hydrogens (tertiary/aromatic N) is 2. The lowest BCUT2D eigenvalue weighted by Gasteiger charge is -2.33. The highest BCUT2D eigenvalue weighted by Gasteiger charge is 2.43. The lowest BCUT2D eigenvalue weighted by Crippen LogP contribution is -2.56. The highest BCUT2D eigenvalue weighted by atomic mass is 19.1. The van der Waals surface area contributed by atoms with Crippen LogP contribution in [-0.4, -0.2) is 57.9 Å². The van der Waals surface area contributed by atoms with Crippen molar-refractivity contribution < 1.29 is 33.1 Å². The Balaban J connectivity index is 1.97. The van der Waals surface area contributed by atoms with Gasteiger partial charge >= 0.3 is 6.09 Å². The van der Waals surface area contributed by atoms with Crippen LogP contribution in [0.15, 0.2) is 36.4 Å². The van der Waals surface area contributed by atoms with Crippen LogP contribution in [0.25, 0.3) is 0 Å². The van der Waals surface area contributed by atoms with E-state index in [0.717, 1.165) is 23.1 Å². The standard InChI is InChI=1S/C26H31F2N5O5/c1-5-13(2)20(30-23(34)14(3)32(4)26(37)38)25(36)33-12-15-9-10-16(29)11-17(15)22(33)24(35)31-21-18(27)7-6-8-19(21)28/h6-11,13-14,20,22H,5,12,29H2,1-4H3,(H,30,34)(H,31,35)(H,37,38)/t13-,14-,20-,22-/m0/s1. The summed E-state index contributed by atoms with van der Waals surface area (Å²) in [6.45, 7) is 4.92. The lowest BCUT2D eigenvalue weighted by atomic mass is 9.96. The zero-order valence-electron chi connectivity index (χ0n) is 21.5. The van der Waals surface area contributed by atoms with Gasteiger partial charge in [0.25, 0.3) is 5.91 Å². The van der Waals surface area contributed by atoms with E-state index in [9.17, 15) is 33.1 Å². The molecule has 1 aliphatic heterocycles. The number of para-hydroxylation sites is 1. The molecular weight excluding hydrogens is 500 g/mol. The van der Waals surface area contributed by atoms with Gasteiger partial charge in [0.15, 0.2) is 0 Å². The fraction of sp³-hybridized carbons (Fsp3) is 0.385. The molecule has 1 aliphatic rings. The highest BCUT2D eigenvalue weighted by Crippen LogP contribution is 2.37. The van der Waals surface area contributed by atoms with Crippen LogP contribution in [0.2, 0.25) is 0 Å². The normalized spacial score (nSPS) is 16.7. The number of carboxylic acid groups (broad SMARTS) is 1. The van der Waals surface area contributed by atoms with Gasteiger partial charge < -0.3 is 26.4 Å². The van der Waals surface area contributed by atoms with E-state index in [1.165, 1.54) is 24.9 Å². The van der Waals surface area contributed by atoms with Gasteiger partial charge in [0.05, 0.1) is 0 Å². The lowest BCUT2D eigenvalue weighted by molar-refractivity contribution is -0.143. The monoisotopic (exact) mass is 531 g/mol. The van der Waals surface area contributed by atoms with Gasteiger partial charge in [0, 0.05) is 19.3 Å². The minimum absolute atomic E-state index is 0.0142. The number of hydrogen-bond donors (Lipinski definition) is 4. The number of amides is 4. The molecule has 0 bridgehead atoms. The first-order chi connectivity index (χ1) is 17.9. The van der Waals surface area contributed by atoms with Gasteiger partial charge in [-0.25, -0.2) is 13.6 Å². The zero-order valence-corrected chi connectivity index (χ0v) is 21.5. The summed E-state index contributed by atoms with van der Waals surface area (Å²) in [7, 11) is 1.23. The van der Waals surface area contributed by atoms with E-state index in [-0.39, 0.29) is 6.54 Å². The van der Waals surface area contributed by atoms with E-state index in [1.54, 1.807) is 19.1 Å². The number of fused-ring (bicyclic) bond motifs is 1. The second-order valence-electron chi connectivity index (χ2n) is 9.35. The molecule has 0 radical (unpaired) electrons. The Morgan fingerprint density at radius 2 is 1.79 bits per heavy atom. The van der Waals surface area contributed by atoms with E-state index >= 15 is 0 Å². The van der Waals surface area contributed by atoms with Crippen LogP contribution in [0.3, 0.4) is 0 Å². The first-order valence-electron chi connectivity index (χ1n) is 12.1. The summed E-state index contributed by atoms with van der Waals surface area (Å²) in [5.41, 5.74) is 6.60. The third-order valence-electron chi connectivity index (χ3n) is 6.90. The number of anilines is 2. The van der Waals surface area contributed by atoms with Crippen LogP contribution in [0.5, 0.6) is 0 Å².